The van der Waals surface area contributed by atoms with E-state index in [2.05, 4.69) is 12.1 Å². The van der Waals surface area contributed by atoms with Crippen LogP contribution in [0.5, 0.6) is 0 Å². The first-order valence-electron chi connectivity index (χ1n) is 10.9. The summed E-state index contributed by atoms with van der Waals surface area (Å²) in [6.07, 6.45) is 21.1. The molecule has 2 heteroatoms. The first-order valence-corrected chi connectivity index (χ1v) is 10.9. The Labute approximate surface area is 154 Å². The van der Waals surface area contributed by atoms with Crippen molar-refractivity contribution in [3.05, 3.63) is 12.2 Å². The molecule has 0 N–H and O–H groups in total. The average Bonchev–Trinajstić information content (AvgIpc) is 2.69. The normalized spacial score (nSPS) is 40.0. The van der Waals surface area contributed by atoms with Gasteiger partial charge in [0.05, 0.1) is 6.07 Å². The third-order valence-corrected chi connectivity index (χ3v) is 7.72. The van der Waals surface area contributed by atoms with E-state index < -0.39 is 0 Å². The van der Waals surface area contributed by atoms with Crippen molar-refractivity contribution in [3.63, 3.8) is 0 Å². The minimum absolute atomic E-state index is 0.309. The van der Waals surface area contributed by atoms with Crippen LogP contribution in [0.25, 0.3) is 0 Å². The van der Waals surface area contributed by atoms with E-state index in [4.69, 9.17) is 5.26 Å². The largest absolute Gasteiger partial charge is 0.247 e. The van der Waals surface area contributed by atoms with E-state index in [-0.39, 0.29) is 6.67 Å². The minimum Gasteiger partial charge on any atom is -0.247 e. The highest BCUT2D eigenvalue weighted by Gasteiger charge is 2.34. The number of nitrogens with zero attached hydrogens (tertiary/aromatic N) is 1. The Kier molecular flexibility index (Phi) is 7.38. The minimum atomic E-state index is -0.309. The second-order valence-corrected chi connectivity index (χ2v) is 9.06. The van der Waals surface area contributed by atoms with Gasteiger partial charge in [0, 0.05) is 5.92 Å². The molecule has 0 aromatic rings. The van der Waals surface area contributed by atoms with Crippen molar-refractivity contribution in [2.75, 3.05) is 6.67 Å². The summed E-state index contributed by atoms with van der Waals surface area (Å²) in [7, 11) is 0. The number of alkyl halides is 1. The van der Waals surface area contributed by atoms with Gasteiger partial charge in [0.15, 0.2) is 0 Å². The molecule has 3 aliphatic carbocycles. The van der Waals surface area contributed by atoms with Crippen LogP contribution in [-0.2, 0) is 0 Å². The summed E-state index contributed by atoms with van der Waals surface area (Å²) in [5.41, 5.74) is 0. The molecule has 0 aromatic carbocycles. The van der Waals surface area contributed by atoms with Gasteiger partial charge in [0.25, 0.3) is 0 Å². The third-order valence-electron chi connectivity index (χ3n) is 7.72. The lowest BCUT2D eigenvalue weighted by Gasteiger charge is -2.41. The first-order chi connectivity index (χ1) is 12.3. The van der Waals surface area contributed by atoms with Gasteiger partial charge in [0.2, 0.25) is 0 Å². The topological polar surface area (TPSA) is 23.8 Å². The van der Waals surface area contributed by atoms with Gasteiger partial charge < -0.3 is 0 Å². The van der Waals surface area contributed by atoms with Gasteiger partial charge in [-0.1, -0.05) is 12.2 Å². The number of rotatable bonds is 5. The van der Waals surface area contributed by atoms with Crippen LogP contribution in [0.2, 0.25) is 0 Å². The van der Waals surface area contributed by atoms with Crippen molar-refractivity contribution < 1.29 is 4.39 Å². The van der Waals surface area contributed by atoms with Crippen LogP contribution in [0.1, 0.15) is 83.5 Å². The molecule has 0 unspecified atom stereocenters. The number of hydrogen-bond acceptors (Lipinski definition) is 1. The molecule has 140 valence electrons. The van der Waals surface area contributed by atoms with Crippen molar-refractivity contribution in [2.45, 2.75) is 83.5 Å². The second kappa shape index (κ2) is 9.75. The van der Waals surface area contributed by atoms with E-state index >= 15 is 0 Å². The van der Waals surface area contributed by atoms with E-state index in [9.17, 15) is 4.39 Å². The molecule has 0 bridgehead atoms. The molecule has 3 rings (SSSR count). The smallest absolute Gasteiger partial charge is 0.108 e. The third kappa shape index (κ3) is 5.32. The maximum absolute atomic E-state index is 12.2. The van der Waals surface area contributed by atoms with Gasteiger partial charge in [-0.15, -0.1) is 0 Å². The molecule has 0 saturated heterocycles. The highest BCUT2D eigenvalue weighted by molar-refractivity contribution is 4.91. The molecular formula is C23H36FN. The molecule has 1 nitrogen and oxygen atoms in total. The van der Waals surface area contributed by atoms with Gasteiger partial charge in [-0.05, 0) is 113 Å². The highest BCUT2D eigenvalue weighted by Crippen LogP contribution is 2.46. The molecule has 0 heterocycles. The van der Waals surface area contributed by atoms with Crippen molar-refractivity contribution in [1.29, 1.82) is 5.26 Å². The Bertz CT molecular complexity index is 441. The molecule has 0 radical (unpaired) electrons. The zero-order valence-corrected chi connectivity index (χ0v) is 15.8. The Morgan fingerprint density at radius 2 is 1.12 bits per heavy atom. The molecular weight excluding hydrogens is 309 g/mol. The Morgan fingerprint density at radius 3 is 1.56 bits per heavy atom. The number of hydrogen-bond donors (Lipinski definition) is 0. The fourth-order valence-electron chi connectivity index (χ4n) is 6.05. The van der Waals surface area contributed by atoms with E-state index in [1.165, 1.54) is 64.2 Å². The zero-order chi connectivity index (χ0) is 17.5. The quantitative estimate of drug-likeness (QED) is 0.500. The lowest BCUT2D eigenvalue weighted by Crippen LogP contribution is -2.29. The summed E-state index contributed by atoms with van der Waals surface area (Å²) in [5, 5.41) is 9.08. The van der Waals surface area contributed by atoms with Crippen molar-refractivity contribution in [1.82, 2.24) is 0 Å². The predicted molar refractivity (Wildman–Crippen MR) is 102 cm³/mol. The van der Waals surface area contributed by atoms with Crippen molar-refractivity contribution in [3.8, 4) is 6.07 Å². The maximum atomic E-state index is 12.2. The van der Waals surface area contributed by atoms with E-state index in [0.29, 0.717) is 5.92 Å². The molecule has 0 atom stereocenters. The maximum Gasteiger partial charge on any atom is 0.108 e. The van der Waals surface area contributed by atoms with Gasteiger partial charge in [-0.2, -0.15) is 5.26 Å². The zero-order valence-electron chi connectivity index (χ0n) is 15.8. The van der Waals surface area contributed by atoms with Gasteiger partial charge >= 0.3 is 0 Å². The Balaban J connectivity index is 1.36. The lowest BCUT2D eigenvalue weighted by molar-refractivity contribution is 0.109. The predicted octanol–water partition coefficient (Wildman–Crippen LogP) is 6.84. The summed E-state index contributed by atoms with van der Waals surface area (Å²) in [5.74, 6) is 4.99. The van der Waals surface area contributed by atoms with Crippen molar-refractivity contribution in [2.24, 2.45) is 35.5 Å². The molecule has 3 saturated carbocycles. The summed E-state index contributed by atoms with van der Waals surface area (Å²) in [4.78, 5) is 0. The van der Waals surface area contributed by atoms with Crippen LogP contribution in [0.15, 0.2) is 12.2 Å². The Morgan fingerprint density at radius 1 is 0.680 bits per heavy atom. The molecule has 25 heavy (non-hydrogen) atoms. The van der Waals surface area contributed by atoms with Crippen LogP contribution in [0.3, 0.4) is 0 Å². The molecule has 0 aliphatic heterocycles. The molecule has 0 spiro atoms. The van der Waals surface area contributed by atoms with E-state index in [1.54, 1.807) is 6.08 Å². The number of nitriles is 1. The molecule has 0 amide bonds. The Hall–Kier alpha value is -0.840. The SMILES string of the molecule is N#CC1CCC(C2CCC(C3CCC(C/C=C/CF)CC3)CC2)CC1. The molecule has 3 fully saturated rings. The van der Waals surface area contributed by atoms with Crippen LogP contribution >= 0.6 is 0 Å². The fraction of sp³-hybridized carbons (Fsp3) is 0.870. The summed E-state index contributed by atoms with van der Waals surface area (Å²) in [6.45, 7) is -0.309. The number of halogens is 1. The highest BCUT2D eigenvalue weighted by atomic mass is 19.1. The standard InChI is InChI=1S/C23H36FN/c24-16-2-1-3-18-4-8-20(9-5-18)22-12-14-23(15-13-22)21-10-6-19(17-25)7-11-21/h1-2,18-23H,3-16H2/b2-1+. The van der Waals surface area contributed by atoms with E-state index in [0.717, 1.165) is 48.9 Å². The average molecular weight is 346 g/mol. The second-order valence-electron chi connectivity index (χ2n) is 9.06. The first kappa shape index (κ1) is 18.9. The lowest BCUT2D eigenvalue weighted by atomic mass is 9.65. The summed E-state index contributed by atoms with van der Waals surface area (Å²) >= 11 is 0. The van der Waals surface area contributed by atoms with Crippen LogP contribution in [0.4, 0.5) is 4.39 Å². The fourth-order valence-corrected chi connectivity index (χ4v) is 6.05. The van der Waals surface area contributed by atoms with Gasteiger partial charge in [0.1, 0.15) is 6.67 Å². The van der Waals surface area contributed by atoms with Crippen LogP contribution in [0, 0.1) is 46.8 Å². The van der Waals surface area contributed by atoms with Gasteiger partial charge in [-0.25, -0.2) is 4.39 Å². The monoisotopic (exact) mass is 345 g/mol. The van der Waals surface area contributed by atoms with Crippen molar-refractivity contribution >= 4 is 0 Å². The summed E-state index contributed by atoms with van der Waals surface area (Å²) < 4.78 is 12.2. The van der Waals surface area contributed by atoms with Gasteiger partial charge in [-0.3, -0.25) is 0 Å². The number of allylic oxidation sites excluding steroid dienone is 2. The summed E-state index contributed by atoms with van der Waals surface area (Å²) in [6, 6.07) is 2.47. The molecule has 3 aliphatic rings. The van der Waals surface area contributed by atoms with E-state index in [1.807, 2.05) is 0 Å². The molecule has 0 aromatic heterocycles. The van der Waals surface area contributed by atoms with Crippen LogP contribution in [-0.4, -0.2) is 6.67 Å². The van der Waals surface area contributed by atoms with Crippen LogP contribution < -0.4 is 0 Å².